The lowest BCUT2D eigenvalue weighted by molar-refractivity contribution is -0.166. The Hall–Kier alpha value is -2.19. The van der Waals surface area contributed by atoms with E-state index in [1.165, 1.54) is 25.7 Å². The normalized spacial score (nSPS) is 12.2. The van der Waals surface area contributed by atoms with Crippen LogP contribution in [-0.4, -0.2) is 50.3 Å². The molecule has 0 spiro atoms. The average molecular weight is 525 g/mol. The van der Waals surface area contributed by atoms with E-state index in [2.05, 4.69) is 31.2 Å². The molecule has 0 bridgehead atoms. The lowest BCUT2D eigenvalue weighted by Crippen LogP contribution is -2.31. The SMILES string of the molecule is CCCCCC=CCC=CCCCCCCCC(=O)OCC(COC(=O)CCCN)OC(=O)CCCN. The van der Waals surface area contributed by atoms with Crippen molar-refractivity contribution in [1.82, 2.24) is 0 Å². The third-order valence-electron chi connectivity index (χ3n) is 5.66. The maximum atomic E-state index is 12.1. The first-order valence-corrected chi connectivity index (χ1v) is 14.2. The molecule has 1 atom stereocenters. The summed E-state index contributed by atoms with van der Waals surface area (Å²) in [5.41, 5.74) is 10.8. The molecule has 0 saturated heterocycles. The molecule has 0 aliphatic carbocycles. The number of carbonyl (C=O) groups excluding carboxylic acids is 3. The van der Waals surface area contributed by atoms with Crippen molar-refractivity contribution in [3.8, 4) is 0 Å². The summed E-state index contributed by atoms with van der Waals surface area (Å²) in [5.74, 6) is -1.23. The Bertz CT molecular complexity index is 636. The van der Waals surface area contributed by atoms with E-state index >= 15 is 0 Å². The maximum absolute atomic E-state index is 12.1. The van der Waals surface area contributed by atoms with E-state index in [1.54, 1.807) is 0 Å². The number of rotatable bonds is 25. The molecule has 0 amide bonds. The van der Waals surface area contributed by atoms with Gasteiger partial charge < -0.3 is 25.7 Å². The number of ether oxygens (including phenoxy) is 3. The Morgan fingerprint density at radius 2 is 1.11 bits per heavy atom. The van der Waals surface area contributed by atoms with Crippen molar-refractivity contribution in [1.29, 1.82) is 0 Å². The quantitative estimate of drug-likeness (QED) is 0.0714. The van der Waals surface area contributed by atoms with Gasteiger partial charge in [-0.2, -0.15) is 0 Å². The summed E-state index contributed by atoms with van der Waals surface area (Å²) in [6, 6.07) is 0. The summed E-state index contributed by atoms with van der Waals surface area (Å²) in [5, 5.41) is 0. The van der Waals surface area contributed by atoms with Crippen LogP contribution in [0.2, 0.25) is 0 Å². The van der Waals surface area contributed by atoms with Crippen LogP contribution in [0.3, 0.4) is 0 Å². The van der Waals surface area contributed by atoms with Crippen LogP contribution in [0.25, 0.3) is 0 Å². The van der Waals surface area contributed by atoms with Crippen molar-refractivity contribution in [2.24, 2.45) is 11.5 Å². The van der Waals surface area contributed by atoms with Gasteiger partial charge in [0.2, 0.25) is 0 Å². The number of hydrogen-bond donors (Lipinski definition) is 2. The van der Waals surface area contributed by atoms with E-state index < -0.39 is 18.0 Å². The third-order valence-corrected chi connectivity index (χ3v) is 5.66. The average Bonchev–Trinajstić information content (AvgIpc) is 2.89. The minimum absolute atomic E-state index is 0.141. The van der Waals surface area contributed by atoms with Gasteiger partial charge in [0, 0.05) is 19.3 Å². The molecule has 8 heteroatoms. The van der Waals surface area contributed by atoms with E-state index in [0.717, 1.165) is 44.9 Å². The molecule has 0 aromatic rings. The van der Waals surface area contributed by atoms with Gasteiger partial charge in [-0.1, -0.05) is 63.3 Å². The van der Waals surface area contributed by atoms with E-state index in [-0.39, 0.29) is 32.0 Å². The van der Waals surface area contributed by atoms with Gasteiger partial charge in [-0.05, 0) is 64.5 Å². The molecular formula is C29H52N2O6. The Morgan fingerprint density at radius 3 is 1.68 bits per heavy atom. The fourth-order valence-corrected chi connectivity index (χ4v) is 3.45. The van der Waals surface area contributed by atoms with E-state index in [9.17, 15) is 14.4 Å². The predicted octanol–water partition coefficient (Wildman–Crippen LogP) is 5.28. The summed E-state index contributed by atoms with van der Waals surface area (Å²) in [4.78, 5) is 35.7. The summed E-state index contributed by atoms with van der Waals surface area (Å²) in [7, 11) is 0. The van der Waals surface area contributed by atoms with E-state index in [1.807, 2.05) is 0 Å². The Labute approximate surface area is 224 Å². The first kappa shape index (κ1) is 34.8. The highest BCUT2D eigenvalue weighted by molar-refractivity contribution is 5.71. The molecule has 0 aromatic carbocycles. The van der Waals surface area contributed by atoms with E-state index in [4.69, 9.17) is 25.7 Å². The summed E-state index contributed by atoms with van der Waals surface area (Å²) < 4.78 is 15.7. The molecule has 0 aromatic heterocycles. The van der Waals surface area contributed by atoms with Crippen LogP contribution in [0.1, 0.15) is 110 Å². The number of hydrogen-bond acceptors (Lipinski definition) is 8. The van der Waals surface area contributed by atoms with Crippen molar-refractivity contribution in [3.63, 3.8) is 0 Å². The van der Waals surface area contributed by atoms with Gasteiger partial charge in [0.05, 0.1) is 0 Å². The largest absolute Gasteiger partial charge is 0.462 e. The smallest absolute Gasteiger partial charge is 0.306 e. The van der Waals surface area contributed by atoms with Gasteiger partial charge in [0.1, 0.15) is 13.2 Å². The van der Waals surface area contributed by atoms with E-state index in [0.29, 0.717) is 32.4 Å². The monoisotopic (exact) mass is 524 g/mol. The molecule has 214 valence electrons. The highest BCUT2D eigenvalue weighted by atomic mass is 16.6. The minimum atomic E-state index is -0.833. The molecule has 0 aliphatic heterocycles. The molecule has 0 rings (SSSR count). The molecule has 0 radical (unpaired) electrons. The highest BCUT2D eigenvalue weighted by Gasteiger charge is 2.19. The van der Waals surface area contributed by atoms with Crippen LogP contribution in [0.5, 0.6) is 0 Å². The van der Waals surface area contributed by atoms with Gasteiger partial charge in [-0.25, -0.2) is 0 Å². The number of unbranched alkanes of at least 4 members (excludes halogenated alkanes) is 8. The van der Waals surface area contributed by atoms with Gasteiger partial charge in [0.25, 0.3) is 0 Å². The predicted molar refractivity (Wildman–Crippen MR) is 148 cm³/mol. The molecular weight excluding hydrogens is 472 g/mol. The standard InChI is InChI=1S/C29H52N2O6/c1-2-3-4-5-6-7-8-9-10-11-12-13-14-15-16-19-27(32)35-24-26(37-29(34)21-18-23-31)25-36-28(33)20-17-22-30/h6-7,9-10,26H,2-5,8,11-25,30-31H2,1H3. The molecule has 0 aliphatic rings. The summed E-state index contributed by atoms with van der Waals surface area (Å²) in [6.07, 6.45) is 22.1. The molecule has 0 fully saturated rings. The van der Waals surface area contributed by atoms with Gasteiger partial charge in [-0.15, -0.1) is 0 Å². The molecule has 1 unspecified atom stereocenters. The van der Waals surface area contributed by atoms with Crippen molar-refractivity contribution >= 4 is 17.9 Å². The molecule has 8 nitrogen and oxygen atoms in total. The fourth-order valence-electron chi connectivity index (χ4n) is 3.45. The second-order valence-electron chi connectivity index (χ2n) is 9.24. The minimum Gasteiger partial charge on any atom is -0.462 e. The number of nitrogens with two attached hydrogens (primary N) is 2. The Balaban J connectivity index is 3.98. The second-order valence-corrected chi connectivity index (χ2v) is 9.24. The molecule has 0 heterocycles. The van der Waals surface area contributed by atoms with Crippen molar-refractivity contribution < 1.29 is 28.6 Å². The van der Waals surface area contributed by atoms with Crippen LogP contribution in [0.15, 0.2) is 24.3 Å². The molecule has 37 heavy (non-hydrogen) atoms. The zero-order valence-electron chi connectivity index (χ0n) is 23.1. The van der Waals surface area contributed by atoms with Crippen LogP contribution >= 0.6 is 0 Å². The summed E-state index contributed by atoms with van der Waals surface area (Å²) >= 11 is 0. The molecule has 4 N–H and O–H groups in total. The topological polar surface area (TPSA) is 131 Å². The number of esters is 3. The first-order valence-electron chi connectivity index (χ1n) is 14.2. The lowest BCUT2D eigenvalue weighted by atomic mass is 10.1. The van der Waals surface area contributed by atoms with Crippen LogP contribution in [-0.2, 0) is 28.6 Å². The zero-order chi connectivity index (χ0) is 27.4. The van der Waals surface area contributed by atoms with Crippen molar-refractivity contribution in [2.45, 2.75) is 116 Å². The van der Waals surface area contributed by atoms with Gasteiger partial charge in [-0.3, -0.25) is 14.4 Å². The Morgan fingerprint density at radius 1 is 0.622 bits per heavy atom. The summed E-state index contributed by atoms with van der Waals surface area (Å²) in [6.45, 7) is 2.68. The number of allylic oxidation sites excluding steroid dienone is 4. The van der Waals surface area contributed by atoms with Crippen LogP contribution in [0.4, 0.5) is 0 Å². The number of carbonyl (C=O) groups is 3. The molecule has 0 saturated carbocycles. The van der Waals surface area contributed by atoms with Crippen molar-refractivity contribution in [3.05, 3.63) is 24.3 Å². The third kappa shape index (κ3) is 25.2. The maximum Gasteiger partial charge on any atom is 0.306 e. The highest BCUT2D eigenvalue weighted by Crippen LogP contribution is 2.09. The second kappa shape index (κ2) is 26.9. The fraction of sp³-hybridized carbons (Fsp3) is 0.759. The van der Waals surface area contributed by atoms with Gasteiger partial charge >= 0.3 is 17.9 Å². The van der Waals surface area contributed by atoms with Crippen LogP contribution in [0, 0.1) is 0 Å². The first-order chi connectivity index (χ1) is 18.0. The lowest BCUT2D eigenvalue weighted by Gasteiger charge is -2.18. The Kier molecular flexibility index (Phi) is 25.3. The zero-order valence-corrected chi connectivity index (χ0v) is 23.1. The van der Waals surface area contributed by atoms with Gasteiger partial charge in [0.15, 0.2) is 6.10 Å². The van der Waals surface area contributed by atoms with Crippen LogP contribution < -0.4 is 11.5 Å². The van der Waals surface area contributed by atoms with Crippen molar-refractivity contribution in [2.75, 3.05) is 26.3 Å².